The molecule has 156 valence electrons. The maximum Gasteiger partial charge on any atom is 0.339 e. The Labute approximate surface area is 176 Å². The molecule has 0 aromatic heterocycles. The van der Waals surface area contributed by atoms with Gasteiger partial charge < -0.3 is 4.74 Å². The highest BCUT2D eigenvalue weighted by Gasteiger charge is 2.53. The van der Waals surface area contributed by atoms with Crippen molar-refractivity contribution in [3.8, 4) is 0 Å². The highest BCUT2D eigenvalue weighted by molar-refractivity contribution is 6.33. The van der Waals surface area contributed by atoms with E-state index >= 15 is 0 Å². The highest BCUT2D eigenvalue weighted by Crippen LogP contribution is 2.59. The number of carbonyl (C=O) groups is 1. The van der Waals surface area contributed by atoms with Crippen molar-refractivity contribution in [2.24, 2.45) is 29.1 Å². The number of carbonyl (C=O) groups excluding carboxylic acids is 1. The van der Waals surface area contributed by atoms with Gasteiger partial charge in [0.25, 0.3) is 0 Å². The van der Waals surface area contributed by atoms with Gasteiger partial charge in [-0.1, -0.05) is 70.7 Å². The van der Waals surface area contributed by atoms with Gasteiger partial charge in [0.15, 0.2) is 0 Å². The van der Waals surface area contributed by atoms with Crippen molar-refractivity contribution in [3.63, 3.8) is 0 Å². The monoisotopic (exact) mass is 404 g/mol. The van der Waals surface area contributed by atoms with Crippen LogP contribution in [0.1, 0.15) is 89.4 Å². The van der Waals surface area contributed by atoms with E-state index in [1.165, 1.54) is 38.5 Å². The van der Waals surface area contributed by atoms with E-state index in [0.717, 1.165) is 30.6 Å². The van der Waals surface area contributed by atoms with E-state index in [1.807, 2.05) is 12.1 Å². The highest BCUT2D eigenvalue weighted by atomic mass is 35.5. The molecule has 2 aliphatic carbocycles. The number of hydrogen-bond acceptors (Lipinski definition) is 2. The van der Waals surface area contributed by atoms with Gasteiger partial charge in [0.1, 0.15) is 6.10 Å². The van der Waals surface area contributed by atoms with Crippen LogP contribution in [0.2, 0.25) is 5.02 Å². The fraction of sp³-hybridized carbons (Fsp3) is 0.720. The second-order valence-corrected chi connectivity index (χ2v) is 10.3. The zero-order valence-corrected chi connectivity index (χ0v) is 18.8. The molecule has 28 heavy (non-hydrogen) atoms. The van der Waals surface area contributed by atoms with E-state index in [9.17, 15) is 4.79 Å². The van der Waals surface area contributed by atoms with Crippen LogP contribution in [0, 0.1) is 29.1 Å². The molecular formula is C25H37ClO2. The van der Waals surface area contributed by atoms with E-state index < -0.39 is 0 Å². The Kier molecular flexibility index (Phi) is 7.12. The third-order valence-electron chi connectivity index (χ3n) is 7.62. The van der Waals surface area contributed by atoms with Crippen LogP contribution in [0.25, 0.3) is 0 Å². The van der Waals surface area contributed by atoms with Crippen molar-refractivity contribution in [2.75, 3.05) is 0 Å². The molecular weight excluding hydrogens is 368 g/mol. The molecule has 1 aromatic carbocycles. The van der Waals surface area contributed by atoms with Gasteiger partial charge in [0, 0.05) is 5.92 Å². The molecule has 0 radical (unpaired) electrons. The molecule has 5 atom stereocenters. The molecule has 0 saturated heterocycles. The van der Waals surface area contributed by atoms with Crippen LogP contribution in [0.4, 0.5) is 0 Å². The van der Waals surface area contributed by atoms with Crippen molar-refractivity contribution in [1.82, 2.24) is 0 Å². The van der Waals surface area contributed by atoms with Crippen LogP contribution in [0.5, 0.6) is 0 Å². The van der Waals surface area contributed by atoms with E-state index in [2.05, 4.69) is 27.7 Å². The lowest BCUT2D eigenvalue weighted by molar-refractivity contribution is -0.0473. The number of rotatable bonds is 7. The zero-order valence-electron chi connectivity index (χ0n) is 18.0. The molecule has 2 saturated carbocycles. The summed E-state index contributed by atoms with van der Waals surface area (Å²) in [5.41, 5.74) is 0.800. The summed E-state index contributed by atoms with van der Waals surface area (Å²) in [5, 5.41) is 0.481. The largest absolute Gasteiger partial charge is 0.458 e. The summed E-state index contributed by atoms with van der Waals surface area (Å²) in [6.45, 7) is 9.56. The minimum Gasteiger partial charge on any atom is -0.458 e. The van der Waals surface area contributed by atoms with Crippen molar-refractivity contribution in [1.29, 1.82) is 0 Å². The summed E-state index contributed by atoms with van der Waals surface area (Å²) in [7, 11) is 0. The van der Waals surface area contributed by atoms with Gasteiger partial charge in [-0.25, -0.2) is 4.79 Å². The van der Waals surface area contributed by atoms with E-state index in [1.54, 1.807) is 12.1 Å². The van der Waals surface area contributed by atoms with Gasteiger partial charge in [0.05, 0.1) is 10.6 Å². The van der Waals surface area contributed by atoms with Gasteiger partial charge in [-0.15, -0.1) is 0 Å². The Hall–Kier alpha value is -1.02. The zero-order chi connectivity index (χ0) is 20.3. The summed E-state index contributed by atoms with van der Waals surface area (Å²) in [6.07, 6.45) is 9.92. The Morgan fingerprint density at radius 1 is 1.18 bits per heavy atom. The van der Waals surface area contributed by atoms with Crippen molar-refractivity contribution in [2.45, 2.75) is 85.2 Å². The van der Waals surface area contributed by atoms with Crippen molar-refractivity contribution < 1.29 is 9.53 Å². The Bertz CT molecular complexity index is 670. The predicted octanol–water partition coefficient (Wildman–Crippen LogP) is 7.54. The average molecular weight is 405 g/mol. The number of ether oxygens (including phenoxy) is 1. The molecule has 0 bridgehead atoms. The fourth-order valence-electron chi connectivity index (χ4n) is 6.11. The minimum atomic E-state index is -0.256. The number of fused-ring (bicyclic) bond motifs is 1. The lowest BCUT2D eigenvalue weighted by Crippen LogP contribution is -2.43. The Morgan fingerprint density at radius 3 is 2.64 bits per heavy atom. The fourth-order valence-corrected chi connectivity index (χ4v) is 6.33. The van der Waals surface area contributed by atoms with E-state index in [0.29, 0.717) is 21.9 Å². The normalized spacial score (nSPS) is 30.9. The first kappa shape index (κ1) is 21.7. The third kappa shape index (κ3) is 4.58. The number of esters is 1. The van der Waals surface area contributed by atoms with Gasteiger partial charge in [-0.05, 0) is 67.4 Å². The van der Waals surface area contributed by atoms with E-state index in [-0.39, 0.29) is 12.1 Å². The van der Waals surface area contributed by atoms with Crippen LogP contribution in [-0.2, 0) is 4.74 Å². The first-order valence-corrected chi connectivity index (χ1v) is 11.7. The molecule has 1 aromatic rings. The maximum atomic E-state index is 12.7. The van der Waals surface area contributed by atoms with Crippen LogP contribution >= 0.6 is 11.6 Å². The van der Waals surface area contributed by atoms with Crippen molar-refractivity contribution in [3.05, 3.63) is 34.9 Å². The lowest BCUT2D eigenvalue weighted by atomic mass is 9.61. The lowest BCUT2D eigenvalue weighted by Gasteiger charge is -2.46. The summed E-state index contributed by atoms with van der Waals surface area (Å²) in [6, 6.07) is 7.21. The number of halogens is 1. The third-order valence-corrected chi connectivity index (χ3v) is 7.95. The first-order valence-electron chi connectivity index (χ1n) is 11.3. The summed E-state index contributed by atoms with van der Waals surface area (Å²) < 4.78 is 6.05. The first-order chi connectivity index (χ1) is 13.3. The molecule has 0 amide bonds. The van der Waals surface area contributed by atoms with Gasteiger partial charge in [0.2, 0.25) is 0 Å². The second-order valence-electron chi connectivity index (χ2n) is 9.91. The quantitative estimate of drug-likeness (QED) is 0.438. The van der Waals surface area contributed by atoms with Crippen LogP contribution in [0.3, 0.4) is 0 Å². The van der Waals surface area contributed by atoms with Gasteiger partial charge >= 0.3 is 5.97 Å². The van der Waals surface area contributed by atoms with Gasteiger partial charge in [-0.3, -0.25) is 0 Å². The second kappa shape index (κ2) is 9.20. The Balaban J connectivity index is 1.66. The van der Waals surface area contributed by atoms with E-state index in [4.69, 9.17) is 16.3 Å². The number of benzene rings is 1. The molecule has 3 rings (SSSR count). The molecule has 2 aliphatic rings. The molecule has 0 aliphatic heterocycles. The predicted molar refractivity (Wildman–Crippen MR) is 117 cm³/mol. The van der Waals surface area contributed by atoms with Crippen LogP contribution in [0.15, 0.2) is 24.3 Å². The van der Waals surface area contributed by atoms with Crippen LogP contribution in [-0.4, -0.2) is 12.1 Å². The molecule has 0 N–H and O–H groups in total. The van der Waals surface area contributed by atoms with Gasteiger partial charge in [-0.2, -0.15) is 0 Å². The molecule has 2 fully saturated rings. The number of hydrogen-bond donors (Lipinski definition) is 0. The SMILES string of the molecule is CC(C)CCC[C@@H](C)[C@H]1CC[C@H]2[C@@H](OC(=O)c3ccccc3Cl)CCC[C@]12C. The molecule has 0 heterocycles. The topological polar surface area (TPSA) is 26.3 Å². The minimum absolute atomic E-state index is 0.0374. The molecule has 0 unspecified atom stereocenters. The molecule has 2 nitrogen and oxygen atoms in total. The summed E-state index contributed by atoms with van der Waals surface area (Å²) in [5.74, 6) is 2.54. The maximum absolute atomic E-state index is 12.7. The smallest absolute Gasteiger partial charge is 0.339 e. The van der Waals surface area contributed by atoms with Crippen LogP contribution < -0.4 is 0 Å². The summed E-state index contributed by atoms with van der Waals surface area (Å²) in [4.78, 5) is 12.7. The summed E-state index contributed by atoms with van der Waals surface area (Å²) >= 11 is 6.21. The molecule has 0 spiro atoms. The standard InChI is InChI=1S/C25H37ClO2/c1-17(2)9-7-10-18(3)20-14-15-21-23(13-8-16-25(20,21)4)28-24(27)19-11-5-6-12-22(19)26/h5-6,11-12,17-18,20-21,23H,7-10,13-16H2,1-4H3/t18-,20-,21+,23+,25-/m1/s1. The van der Waals surface area contributed by atoms with Crippen molar-refractivity contribution >= 4 is 17.6 Å². The molecule has 3 heteroatoms. The Morgan fingerprint density at radius 2 is 1.93 bits per heavy atom. The average Bonchev–Trinajstić information content (AvgIpc) is 2.99.